The first-order valence-corrected chi connectivity index (χ1v) is 10.9. The molecular formula is C24H25FN4O4. The van der Waals surface area contributed by atoms with Gasteiger partial charge in [0.2, 0.25) is 11.8 Å². The van der Waals surface area contributed by atoms with Gasteiger partial charge in [0.15, 0.2) is 6.17 Å². The monoisotopic (exact) mass is 452 g/mol. The maximum Gasteiger partial charge on any atom is 0.248 e. The van der Waals surface area contributed by atoms with E-state index in [9.17, 15) is 19.2 Å². The van der Waals surface area contributed by atoms with Gasteiger partial charge < -0.3 is 20.1 Å². The Morgan fingerprint density at radius 2 is 2.09 bits per heavy atom. The molecular weight excluding hydrogens is 427 g/mol. The van der Waals surface area contributed by atoms with E-state index in [0.29, 0.717) is 11.7 Å². The van der Waals surface area contributed by atoms with Crippen LogP contribution in [0.25, 0.3) is 11.1 Å². The average Bonchev–Trinajstić information content (AvgIpc) is 3.57. The summed E-state index contributed by atoms with van der Waals surface area (Å²) >= 11 is 0. The highest BCUT2D eigenvalue weighted by molar-refractivity contribution is 5.94. The number of amides is 2. The van der Waals surface area contributed by atoms with E-state index in [1.165, 1.54) is 4.90 Å². The minimum absolute atomic E-state index is 0.0324. The van der Waals surface area contributed by atoms with Crippen LogP contribution in [0.4, 0.5) is 10.2 Å². The second-order valence-electron chi connectivity index (χ2n) is 8.52. The molecule has 2 fully saturated rings. The number of nitriles is 1. The molecule has 2 heterocycles. The predicted octanol–water partition coefficient (Wildman–Crippen LogP) is 2.52. The molecule has 1 aromatic heterocycles. The molecule has 2 amide bonds. The van der Waals surface area contributed by atoms with E-state index >= 15 is 0 Å². The zero-order chi connectivity index (χ0) is 23.5. The van der Waals surface area contributed by atoms with Crippen molar-refractivity contribution >= 4 is 17.6 Å². The number of likely N-dealkylation sites (tertiary alicyclic amines) is 1. The number of carbonyl (C=O) groups is 2. The minimum Gasteiger partial charge on any atom is -0.486 e. The van der Waals surface area contributed by atoms with Crippen LogP contribution in [0.1, 0.15) is 25.3 Å². The van der Waals surface area contributed by atoms with Crippen molar-refractivity contribution in [3.8, 4) is 22.9 Å². The first-order chi connectivity index (χ1) is 15.9. The van der Waals surface area contributed by atoms with Gasteiger partial charge >= 0.3 is 0 Å². The van der Waals surface area contributed by atoms with Gasteiger partial charge in [-0.05, 0) is 47.7 Å². The van der Waals surface area contributed by atoms with E-state index in [4.69, 9.17) is 9.84 Å². The number of anilines is 1. The van der Waals surface area contributed by atoms with E-state index in [0.717, 1.165) is 17.5 Å². The number of alkyl halides is 1. The molecule has 1 aromatic carbocycles. The van der Waals surface area contributed by atoms with Crippen molar-refractivity contribution in [2.75, 3.05) is 25.0 Å². The summed E-state index contributed by atoms with van der Waals surface area (Å²) in [5.41, 5.74) is 1.76. The van der Waals surface area contributed by atoms with Gasteiger partial charge in [0.25, 0.3) is 0 Å². The summed E-state index contributed by atoms with van der Waals surface area (Å²) in [6, 6.07) is 10.6. The van der Waals surface area contributed by atoms with Gasteiger partial charge in [0, 0.05) is 25.1 Å². The fraction of sp³-hybridized carbons (Fsp3) is 0.417. The number of hydrogen-bond acceptors (Lipinski definition) is 6. The van der Waals surface area contributed by atoms with Crippen LogP contribution in [0.15, 0.2) is 36.5 Å². The number of hydrogen-bond donors (Lipinski definition) is 2. The zero-order valence-corrected chi connectivity index (χ0v) is 18.2. The number of nitrogens with one attached hydrogen (secondary N) is 1. The molecule has 1 saturated heterocycles. The lowest BCUT2D eigenvalue weighted by Crippen LogP contribution is -2.50. The number of aliphatic hydroxyl groups excluding tert-OH is 1. The molecule has 2 aromatic rings. The molecule has 33 heavy (non-hydrogen) atoms. The molecule has 2 N–H and O–H groups in total. The Hall–Kier alpha value is -3.51. The summed E-state index contributed by atoms with van der Waals surface area (Å²) in [5.74, 6) is 0.579. The maximum absolute atomic E-state index is 14.6. The highest BCUT2D eigenvalue weighted by atomic mass is 19.1. The molecule has 4 rings (SSSR count). The van der Waals surface area contributed by atoms with Gasteiger partial charge in [-0.25, -0.2) is 9.37 Å². The third-order valence-electron chi connectivity index (χ3n) is 6.14. The van der Waals surface area contributed by atoms with E-state index in [-0.39, 0.29) is 42.6 Å². The van der Waals surface area contributed by atoms with Gasteiger partial charge in [-0.1, -0.05) is 13.0 Å². The van der Waals surface area contributed by atoms with Gasteiger partial charge in [-0.2, -0.15) is 5.26 Å². The van der Waals surface area contributed by atoms with Crippen molar-refractivity contribution in [2.24, 2.45) is 11.8 Å². The van der Waals surface area contributed by atoms with Gasteiger partial charge in [0.05, 0.1) is 12.1 Å². The number of aromatic nitrogens is 1. The van der Waals surface area contributed by atoms with Crippen molar-refractivity contribution in [1.82, 2.24) is 9.88 Å². The molecule has 1 saturated carbocycles. The maximum atomic E-state index is 14.6. The number of aliphatic hydroxyl groups is 1. The van der Waals surface area contributed by atoms with Crippen molar-refractivity contribution in [2.45, 2.75) is 32.0 Å². The molecule has 9 heteroatoms. The lowest BCUT2D eigenvalue weighted by Gasteiger charge is -2.34. The summed E-state index contributed by atoms with van der Waals surface area (Å²) in [6.45, 7) is 1.49. The van der Waals surface area contributed by atoms with Gasteiger partial charge in [0.1, 0.15) is 30.3 Å². The molecule has 0 bridgehead atoms. The van der Waals surface area contributed by atoms with Crippen molar-refractivity contribution in [3.63, 3.8) is 0 Å². The molecule has 4 unspecified atom stereocenters. The van der Waals surface area contributed by atoms with E-state index in [2.05, 4.69) is 16.4 Å². The van der Waals surface area contributed by atoms with Gasteiger partial charge in [-0.3, -0.25) is 9.59 Å². The number of carbonyl (C=O) groups excluding carboxylic acids is 2. The Labute approximate surface area is 191 Å². The Kier molecular flexibility index (Phi) is 6.56. The van der Waals surface area contributed by atoms with E-state index < -0.39 is 24.8 Å². The van der Waals surface area contributed by atoms with E-state index in [1.807, 2.05) is 6.92 Å². The van der Waals surface area contributed by atoms with Crippen LogP contribution in [-0.2, 0) is 9.59 Å². The molecule has 1 aliphatic carbocycles. The summed E-state index contributed by atoms with van der Waals surface area (Å²) in [5, 5.41) is 21.4. The van der Waals surface area contributed by atoms with Crippen LogP contribution in [0.2, 0.25) is 0 Å². The molecule has 8 nitrogen and oxygen atoms in total. The number of pyridine rings is 1. The lowest BCUT2D eigenvalue weighted by molar-refractivity contribution is -0.138. The van der Waals surface area contributed by atoms with E-state index in [1.54, 1.807) is 36.5 Å². The average molecular weight is 452 g/mol. The summed E-state index contributed by atoms with van der Waals surface area (Å²) in [7, 11) is 0. The highest BCUT2D eigenvalue weighted by Gasteiger charge is 2.39. The first kappa shape index (κ1) is 22.7. The Morgan fingerprint density at radius 1 is 1.33 bits per heavy atom. The topological polar surface area (TPSA) is 116 Å². The largest absolute Gasteiger partial charge is 0.486 e. The predicted molar refractivity (Wildman–Crippen MR) is 118 cm³/mol. The number of nitrogens with zero attached hydrogens (tertiary/aromatic N) is 3. The lowest BCUT2D eigenvalue weighted by atomic mass is 10.0. The molecule has 1 aliphatic heterocycles. The van der Waals surface area contributed by atoms with Crippen LogP contribution in [0, 0.1) is 23.2 Å². The number of piperidine rings is 1. The van der Waals surface area contributed by atoms with Crippen molar-refractivity contribution < 1.29 is 23.8 Å². The smallest absolute Gasteiger partial charge is 0.248 e. The third-order valence-corrected chi connectivity index (χ3v) is 6.14. The van der Waals surface area contributed by atoms with Crippen molar-refractivity contribution in [1.29, 1.82) is 5.26 Å². The fourth-order valence-electron chi connectivity index (χ4n) is 3.99. The summed E-state index contributed by atoms with van der Waals surface area (Å²) in [6.07, 6.45) is 0.508. The molecule has 2 aliphatic rings. The third kappa shape index (κ3) is 5.12. The standard InChI is InChI=1S/C24H25FN4O4/c1-14-8-18(14)24(32)28-22-10-16(4-6-27-22)15-2-3-20(17(9-15)11-26)33-21-5-7-29(12-19(21)25)23(31)13-30/h2-4,6,9-10,14,18-19,21,30H,5,7-8,12-13H2,1H3,(H,27,28,32). The summed E-state index contributed by atoms with van der Waals surface area (Å²) in [4.78, 5) is 29.2. The Balaban J connectivity index is 1.46. The van der Waals surface area contributed by atoms with Crippen LogP contribution in [0.5, 0.6) is 5.75 Å². The normalized spacial score (nSPS) is 24.0. The van der Waals surface area contributed by atoms with Crippen LogP contribution < -0.4 is 10.1 Å². The second-order valence-corrected chi connectivity index (χ2v) is 8.52. The Bertz CT molecular complexity index is 1100. The highest BCUT2D eigenvalue weighted by Crippen LogP contribution is 2.38. The SMILES string of the molecule is CC1CC1C(=O)Nc1cc(-c2ccc(OC3CCN(C(=O)CO)CC3F)c(C#N)c2)ccn1. The second kappa shape index (κ2) is 9.55. The van der Waals surface area contributed by atoms with Crippen LogP contribution in [-0.4, -0.2) is 58.8 Å². The molecule has 0 spiro atoms. The molecule has 0 radical (unpaired) electrons. The number of rotatable bonds is 6. The van der Waals surface area contributed by atoms with Gasteiger partial charge in [-0.15, -0.1) is 0 Å². The molecule has 4 atom stereocenters. The number of halogens is 1. The Morgan fingerprint density at radius 3 is 2.76 bits per heavy atom. The van der Waals surface area contributed by atoms with Crippen LogP contribution >= 0.6 is 0 Å². The number of benzene rings is 1. The minimum atomic E-state index is -1.43. The quantitative estimate of drug-likeness (QED) is 0.696. The first-order valence-electron chi connectivity index (χ1n) is 10.9. The zero-order valence-electron chi connectivity index (χ0n) is 18.2. The van der Waals surface area contributed by atoms with Crippen molar-refractivity contribution in [3.05, 3.63) is 42.1 Å². The fourth-order valence-corrected chi connectivity index (χ4v) is 3.99. The van der Waals surface area contributed by atoms with Crippen LogP contribution in [0.3, 0.4) is 0 Å². The summed E-state index contributed by atoms with van der Waals surface area (Å²) < 4.78 is 20.4. The molecule has 172 valence electrons. The number of ether oxygens (including phenoxy) is 1.